The van der Waals surface area contributed by atoms with Gasteiger partial charge in [-0.1, -0.05) is 12.1 Å². The van der Waals surface area contributed by atoms with Gasteiger partial charge in [0, 0.05) is 24.3 Å². The molecule has 8 heteroatoms. The lowest BCUT2D eigenvalue weighted by Gasteiger charge is -2.17. The highest BCUT2D eigenvalue weighted by molar-refractivity contribution is 7.86. The Labute approximate surface area is 146 Å². The fraction of sp³-hybridized carbons (Fsp3) is 0.235. The second kappa shape index (κ2) is 6.73. The van der Waals surface area contributed by atoms with Gasteiger partial charge in [0.25, 0.3) is 10.1 Å². The first-order valence-electron chi connectivity index (χ1n) is 7.80. The summed E-state index contributed by atoms with van der Waals surface area (Å²) in [5, 5.41) is 2.70. The van der Waals surface area contributed by atoms with Crippen molar-refractivity contribution in [3.05, 3.63) is 42.5 Å². The molecule has 0 aliphatic carbocycles. The highest BCUT2D eigenvalue weighted by Gasteiger charge is 2.24. The summed E-state index contributed by atoms with van der Waals surface area (Å²) in [7, 11) is -4.41. The number of hydrogen-bond donors (Lipinski definition) is 2. The summed E-state index contributed by atoms with van der Waals surface area (Å²) >= 11 is 0. The lowest BCUT2D eigenvalue weighted by molar-refractivity contribution is 0.252. The first-order valence-corrected chi connectivity index (χ1v) is 9.24. The molecule has 0 atom stereocenters. The van der Waals surface area contributed by atoms with Crippen LogP contribution in [0.5, 0.6) is 5.75 Å². The molecule has 2 aromatic rings. The Morgan fingerprint density at radius 1 is 1.20 bits per heavy atom. The van der Waals surface area contributed by atoms with Gasteiger partial charge in [-0.05, 0) is 42.8 Å². The number of benzene rings is 2. The molecule has 0 spiro atoms. The number of rotatable bonds is 5. The molecule has 3 rings (SSSR count). The third kappa shape index (κ3) is 3.59. The van der Waals surface area contributed by atoms with E-state index in [0.717, 1.165) is 0 Å². The van der Waals surface area contributed by atoms with Gasteiger partial charge in [0.05, 0.1) is 6.61 Å². The first-order chi connectivity index (χ1) is 11.9. The van der Waals surface area contributed by atoms with Crippen LogP contribution < -0.4 is 15.0 Å². The maximum Gasteiger partial charge on any atom is 0.321 e. The molecule has 0 unspecified atom stereocenters. The Kier molecular flexibility index (Phi) is 4.65. The molecule has 2 amide bonds. The summed E-state index contributed by atoms with van der Waals surface area (Å²) in [6.07, 6.45) is 0. The lowest BCUT2D eigenvalue weighted by Crippen LogP contribution is -2.27. The van der Waals surface area contributed by atoms with E-state index < -0.39 is 10.1 Å². The zero-order valence-electron chi connectivity index (χ0n) is 13.6. The van der Waals surface area contributed by atoms with E-state index >= 15 is 0 Å². The van der Waals surface area contributed by atoms with Gasteiger partial charge in [-0.15, -0.1) is 0 Å². The van der Waals surface area contributed by atoms with Crippen LogP contribution in [0.1, 0.15) is 6.92 Å². The number of hydrogen-bond acceptors (Lipinski definition) is 4. The van der Waals surface area contributed by atoms with Crippen LogP contribution in [0.2, 0.25) is 0 Å². The Bertz CT molecular complexity index is 894. The molecule has 1 aliphatic heterocycles. The summed E-state index contributed by atoms with van der Waals surface area (Å²) < 4.78 is 38.4. The first kappa shape index (κ1) is 17.2. The molecule has 2 aromatic carbocycles. The standard InChI is InChI=1S/C17H18N2O5S/c1-2-24-14-6-3-12(4-7-14)15-11-13(19-10-9-18-17(19)20)5-8-16(15)25(21,22)23/h3-8,11H,2,9-10H2,1H3,(H,18,20)(H,21,22,23). The van der Waals surface area contributed by atoms with Crippen molar-refractivity contribution in [2.24, 2.45) is 0 Å². The van der Waals surface area contributed by atoms with E-state index in [-0.39, 0.29) is 10.9 Å². The van der Waals surface area contributed by atoms with Crippen molar-refractivity contribution in [1.29, 1.82) is 0 Å². The smallest absolute Gasteiger partial charge is 0.321 e. The third-order valence-corrected chi connectivity index (χ3v) is 4.80. The number of ether oxygens (including phenoxy) is 1. The molecule has 2 N–H and O–H groups in total. The number of anilines is 1. The van der Waals surface area contributed by atoms with Crippen LogP contribution in [0.3, 0.4) is 0 Å². The van der Waals surface area contributed by atoms with Gasteiger partial charge in [-0.3, -0.25) is 9.45 Å². The lowest BCUT2D eigenvalue weighted by atomic mass is 10.0. The Balaban J connectivity index is 2.09. The van der Waals surface area contributed by atoms with Crippen molar-refractivity contribution in [2.45, 2.75) is 11.8 Å². The van der Waals surface area contributed by atoms with Crippen LogP contribution in [-0.2, 0) is 10.1 Å². The zero-order valence-corrected chi connectivity index (χ0v) is 14.4. The van der Waals surface area contributed by atoms with Crippen molar-refractivity contribution in [3.8, 4) is 16.9 Å². The van der Waals surface area contributed by atoms with E-state index in [9.17, 15) is 17.8 Å². The van der Waals surface area contributed by atoms with Gasteiger partial charge >= 0.3 is 6.03 Å². The van der Waals surface area contributed by atoms with Crippen molar-refractivity contribution in [3.63, 3.8) is 0 Å². The predicted molar refractivity (Wildman–Crippen MR) is 93.6 cm³/mol. The van der Waals surface area contributed by atoms with Gasteiger partial charge in [-0.25, -0.2) is 4.79 Å². The van der Waals surface area contributed by atoms with Crippen LogP contribution >= 0.6 is 0 Å². The monoisotopic (exact) mass is 362 g/mol. The molecule has 1 saturated heterocycles. The van der Waals surface area contributed by atoms with E-state index in [2.05, 4.69) is 5.32 Å². The minimum absolute atomic E-state index is 0.208. The topological polar surface area (TPSA) is 95.9 Å². The summed E-state index contributed by atoms with van der Waals surface area (Å²) in [5.74, 6) is 0.662. The molecule has 132 valence electrons. The second-order valence-corrected chi connectivity index (χ2v) is 6.89. The van der Waals surface area contributed by atoms with Gasteiger partial charge in [0.1, 0.15) is 10.6 Å². The van der Waals surface area contributed by atoms with Crippen molar-refractivity contribution in [1.82, 2.24) is 5.32 Å². The van der Waals surface area contributed by atoms with Crippen LogP contribution in [0.25, 0.3) is 11.1 Å². The number of carbonyl (C=O) groups is 1. The van der Waals surface area contributed by atoms with Crippen molar-refractivity contribution in [2.75, 3.05) is 24.6 Å². The molecule has 0 radical (unpaired) electrons. The fourth-order valence-electron chi connectivity index (χ4n) is 2.75. The zero-order chi connectivity index (χ0) is 18.0. The van der Waals surface area contributed by atoms with Crippen molar-refractivity contribution < 1.29 is 22.5 Å². The Morgan fingerprint density at radius 2 is 1.92 bits per heavy atom. The largest absolute Gasteiger partial charge is 0.494 e. The normalized spacial score (nSPS) is 14.5. The van der Waals surface area contributed by atoms with E-state index in [1.807, 2.05) is 6.92 Å². The quantitative estimate of drug-likeness (QED) is 0.797. The van der Waals surface area contributed by atoms with E-state index in [0.29, 0.717) is 42.3 Å². The molecule has 0 bridgehead atoms. The summed E-state index contributed by atoms with van der Waals surface area (Å²) in [5.41, 5.74) is 1.48. The summed E-state index contributed by atoms with van der Waals surface area (Å²) in [6, 6.07) is 11.0. The van der Waals surface area contributed by atoms with Crippen LogP contribution in [0, 0.1) is 0 Å². The highest BCUT2D eigenvalue weighted by Crippen LogP contribution is 2.33. The summed E-state index contributed by atoms with van der Waals surface area (Å²) in [4.78, 5) is 13.2. The Morgan fingerprint density at radius 3 is 2.48 bits per heavy atom. The van der Waals surface area contributed by atoms with Crippen molar-refractivity contribution >= 4 is 21.8 Å². The molecular weight excluding hydrogens is 344 g/mol. The van der Waals surface area contributed by atoms with E-state index in [1.165, 1.54) is 17.0 Å². The number of carbonyl (C=O) groups excluding carboxylic acids is 1. The molecule has 0 aromatic heterocycles. The second-order valence-electron chi connectivity index (χ2n) is 5.50. The minimum Gasteiger partial charge on any atom is -0.494 e. The van der Waals surface area contributed by atoms with Gasteiger partial charge in [0.15, 0.2) is 0 Å². The van der Waals surface area contributed by atoms with Gasteiger partial charge in [0.2, 0.25) is 0 Å². The van der Waals surface area contributed by atoms with Crippen LogP contribution in [0.4, 0.5) is 10.5 Å². The van der Waals surface area contributed by atoms with Crippen LogP contribution in [-0.4, -0.2) is 38.7 Å². The average Bonchev–Trinajstić information content (AvgIpc) is 3.00. The van der Waals surface area contributed by atoms with E-state index in [4.69, 9.17) is 4.74 Å². The number of urea groups is 1. The Hall–Kier alpha value is -2.58. The minimum atomic E-state index is -4.41. The SMILES string of the molecule is CCOc1ccc(-c2cc(N3CCNC3=O)ccc2S(=O)(=O)O)cc1. The molecule has 7 nitrogen and oxygen atoms in total. The average molecular weight is 362 g/mol. The molecule has 1 fully saturated rings. The molecule has 1 aliphatic rings. The molecule has 25 heavy (non-hydrogen) atoms. The summed E-state index contributed by atoms with van der Waals surface area (Å²) in [6.45, 7) is 3.41. The van der Waals surface area contributed by atoms with Crippen LogP contribution in [0.15, 0.2) is 47.4 Å². The highest BCUT2D eigenvalue weighted by atomic mass is 32.2. The number of nitrogens with zero attached hydrogens (tertiary/aromatic N) is 1. The predicted octanol–water partition coefficient (Wildman–Crippen LogP) is 2.53. The molecular formula is C17H18N2O5S. The number of nitrogens with one attached hydrogen (secondary N) is 1. The third-order valence-electron chi connectivity index (χ3n) is 3.89. The van der Waals surface area contributed by atoms with Gasteiger partial charge < -0.3 is 10.1 Å². The molecule has 1 heterocycles. The van der Waals surface area contributed by atoms with E-state index in [1.54, 1.807) is 30.3 Å². The van der Waals surface area contributed by atoms with Gasteiger partial charge in [-0.2, -0.15) is 8.42 Å². The maximum absolute atomic E-state index is 11.9. The molecule has 0 saturated carbocycles. The number of amides is 2. The maximum atomic E-state index is 11.9. The fourth-order valence-corrected chi connectivity index (χ4v) is 3.45.